The van der Waals surface area contributed by atoms with E-state index in [1.165, 1.54) is 5.57 Å². The predicted octanol–water partition coefficient (Wildman–Crippen LogP) is 10.2. The maximum atomic E-state index is 11.4. The second-order valence-electron chi connectivity index (χ2n) is 9.28. The summed E-state index contributed by atoms with van der Waals surface area (Å²) in [6.45, 7) is 17.8. The number of nitrogens with zero attached hydrogens (tertiary/aromatic N) is 3. The molecule has 1 aromatic carbocycles. The van der Waals surface area contributed by atoms with Crippen molar-refractivity contribution in [1.82, 2.24) is 15.0 Å². The standard InChI is InChI=1S/C32H38N4O.C2H6.CH4.H2/c1-6-9-18-33-24(5)25(7-2)13-11-10-12-14-27(17-19-37)32-34-22-31(36-32)29-20-28-16-15-23(4)35-30(28)21-26(29)8-3;1-2;;/h6-9,15-16,18-22,27H,1,3,10-14,17H2,2,4-5H3,(H,34,36);1-2H3;1H4;1H/b18-9-,25-7-,33-24-;;;. The van der Waals surface area contributed by atoms with E-state index in [-0.39, 0.29) is 14.8 Å². The number of aliphatic imine (C=N–C) groups is 1. The summed E-state index contributed by atoms with van der Waals surface area (Å²) in [5, 5.41) is 1.07. The molecule has 0 saturated carbocycles. The minimum Gasteiger partial charge on any atom is -0.342 e. The van der Waals surface area contributed by atoms with Crippen LogP contribution in [0.3, 0.4) is 0 Å². The van der Waals surface area contributed by atoms with E-state index in [9.17, 15) is 4.79 Å². The van der Waals surface area contributed by atoms with Gasteiger partial charge in [-0.1, -0.05) is 71.6 Å². The molecule has 0 saturated heterocycles. The van der Waals surface area contributed by atoms with Crippen LogP contribution in [0.2, 0.25) is 0 Å². The third-order valence-electron chi connectivity index (χ3n) is 6.67. The number of hydrogen-bond donors (Lipinski definition) is 1. The number of aromatic amines is 1. The van der Waals surface area contributed by atoms with Gasteiger partial charge >= 0.3 is 0 Å². The fourth-order valence-corrected chi connectivity index (χ4v) is 4.57. The van der Waals surface area contributed by atoms with Gasteiger partial charge in [-0.15, -0.1) is 0 Å². The van der Waals surface area contributed by atoms with Crippen LogP contribution in [-0.2, 0) is 4.79 Å². The van der Waals surface area contributed by atoms with Gasteiger partial charge in [0.05, 0.1) is 17.4 Å². The van der Waals surface area contributed by atoms with Crippen LogP contribution in [-0.4, -0.2) is 26.9 Å². The Morgan fingerprint density at radius 2 is 1.95 bits per heavy atom. The third-order valence-corrected chi connectivity index (χ3v) is 6.67. The van der Waals surface area contributed by atoms with Gasteiger partial charge in [0, 0.05) is 42.3 Å². The lowest BCUT2D eigenvalue weighted by molar-refractivity contribution is -0.108. The third kappa shape index (κ3) is 9.71. The highest BCUT2D eigenvalue weighted by atomic mass is 16.1. The van der Waals surface area contributed by atoms with Crippen molar-refractivity contribution in [3.63, 3.8) is 0 Å². The molecule has 5 heteroatoms. The van der Waals surface area contributed by atoms with E-state index in [2.05, 4.69) is 64.3 Å². The number of carbonyl (C=O) groups is 1. The first kappa shape index (κ1) is 34.2. The molecule has 0 bridgehead atoms. The summed E-state index contributed by atoms with van der Waals surface area (Å²) in [4.78, 5) is 28.7. The van der Waals surface area contributed by atoms with Gasteiger partial charge in [0.25, 0.3) is 0 Å². The summed E-state index contributed by atoms with van der Waals surface area (Å²) in [5.74, 6) is 0.946. The zero-order chi connectivity index (χ0) is 28.6. The van der Waals surface area contributed by atoms with Gasteiger partial charge in [0.1, 0.15) is 12.1 Å². The van der Waals surface area contributed by atoms with Crippen molar-refractivity contribution in [2.45, 2.75) is 86.5 Å². The van der Waals surface area contributed by atoms with Crippen molar-refractivity contribution < 1.29 is 6.22 Å². The number of allylic oxidation sites excluding steroid dienone is 4. The van der Waals surface area contributed by atoms with Gasteiger partial charge in [-0.2, -0.15) is 0 Å². The number of carbonyl (C=O) groups excluding carboxylic acids is 1. The maximum absolute atomic E-state index is 11.4. The fraction of sp³-hybridized carbons (Fsp3) is 0.371. The molecule has 5 nitrogen and oxygen atoms in total. The zero-order valence-electron chi connectivity index (χ0n) is 24.3. The highest BCUT2D eigenvalue weighted by Gasteiger charge is 2.17. The molecule has 2 heterocycles. The van der Waals surface area contributed by atoms with Crippen LogP contribution >= 0.6 is 0 Å². The normalized spacial score (nSPS) is 12.4. The van der Waals surface area contributed by atoms with Crippen molar-refractivity contribution in [3.8, 4) is 11.3 Å². The Hall–Kier alpha value is -3.86. The Morgan fingerprint density at radius 3 is 2.62 bits per heavy atom. The number of pyridine rings is 1. The first-order chi connectivity index (χ1) is 19.0. The second kappa shape index (κ2) is 18.4. The molecule has 1 atom stereocenters. The Labute approximate surface area is 243 Å². The van der Waals surface area contributed by atoms with Crippen LogP contribution in [0.5, 0.6) is 0 Å². The second-order valence-corrected chi connectivity index (χ2v) is 9.28. The topological polar surface area (TPSA) is 71.0 Å². The van der Waals surface area contributed by atoms with Crippen LogP contribution in [0.4, 0.5) is 0 Å². The minimum atomic E-state index is 0. The van der Waals surface area contributed by atoms with Gasteiger partial charge in [-0.25, -0.2) is 4.98 Å². The van der Waals surface area contributed by atoms with Crippen LogP contribution in [0.1, 0.15) is 98.1 Å². The highest BCUT2D eigenvalue weighted by molar-refractivity contribution is 5.98. The molecule has 216 valence electrons. The Bertz CT molecular complexity index is 1330. The number of aldehydes is 1. The molecule has 0 aliphatic rings. The number of H-pyrrole nitrogens is 1. The van der Waals surface area contributed by atoms with E-state index in [0.29, 0.717) is 6.42 Å². The van der Waals surface area contributed by atoms with Gasteiger partial charge in [0.2, 0.25) is 0 Å². The van der Waals surface area contributed by atoms with Crippen molar-refractivity contribution in [2.24, 2.45) is 4.99 Å². The molecule has 2 aromatic heterocycles. The number of rotatable bonds is 14. The van der Waals surface area contributed by atoms with Gasteiger partial charge in [0.15, 0.2) is 0 Å². The number of nitrogens with one attached hydrogen (secondary N) is 1. The van der Waals surface area contributed by atoms with E-state index in [1.807, 2.05) is 52.1 Å². The number of aryl methyl sites for hydroxylation is 1. The molecule has 1 N–H and O–H groups in total. The fourth-order valence-electron chi connectivity index (χ4n) is 4.57. The van der Waals surface area contributed by atoms with Crippen molar-refractivity contribution in [3.05, 3.63) is 90.7 Å². The van der Waals surface area contributed by atoms with E-state index < -0.39 is 0 Å². The van der Waals surface area contributed by atoms with Crippen LogP contribution in [0.15, 0.2) is 78.6 Å². The Kier molecular flexibility index (Phi) is 15.7. The predicted molar refractivity (Wildman–Crippen MR) is 177 cm³/mol. The Morgan fingerprint density at radius 1 is 1.18 bits per heavy atom. The molecular formula is C35H50N4O. The molecule has 40 heavy (non-hydrogen) atoms. The first-order valence-corrected chi connectivity index (χ1v) is 14.0. The molecular weight excluding hydrogens is 492 g/mol. The summed E-state index contributed by atoms with van der Waals surface area (Å²) in [7, 11) is 0. The average Bonchev–Trinajstić information content (AvgIpc) is 3.44. The summed E-state index contributed by atoms with van der Waals surface area (Å²) in [6.07, 6.45) is 17.8. The molecule has 0 aliphatic heterocycles. The number of fused-ring (bicyclic) bond motifs is 1. The van der Waals surface area contributed by atoms with Crippen LogP contribution < -0.4 is 0 Å². The van der Waals surface area contributed by atoms with Crippen LogP contribution in [0, 0.1) is 6.92 Å². The number of benzene rings is 1. The number of aromatic nitrogens is 3. The average molecular weight is 543 g/mol. The molecule has 3 aromatic rings. The van der Waals surface area contributed by atoms with Gasteiger partial charge in [-0.3, -0.25) is 9.98 Å². The highest BCUT2D eigenvalue weighted by Crippen LogP contribution is 2.31. The number of unbranched alkanes of at least 4 members (excludes halogenated alkanes) is 2. The summed E-state index contributed by atoms with van der Waals surface area (Å²) in [5.41, 5.74) is 7.23. The molecule has 3 rings (SSSR count). The molecule has 0 amide bonds. The van der Waals surface area contributed by atoms with Crippen LogP contribution in [0.25, 0.3) is 28.2 Å². The monoisotopic (exact) mass is 542 g/mol. The molecule has 1 unspecified atom stereocenters. The molecule has 0 radical (unpaired) electrons. The summed E-state index contributed by atoms with van der Waals surface area (Å²) in [6, 6.07) is 8.30. The zero-order valence-corrected chi connectivity index (χ0v) is 24.3. The van der Waals surface area contributed by atoms with Crippen molar-refractivity contribution >= 4 is 29.0 Å². The lowest BCUT2D eigenvalue weighted by Gasteiger charge is -2.12. The quantitative estimate of drug-likeness (QED) is 0.0953. The van der Waals surface area contributed by atoms with E-state index >= 15 is 0 Å². The van der Waals surface area contributed by atoms with Crippen molar-refractivity contribution in [2.75, 3.05) is 0 Å². The maximum Gasteiger partial charge on any atom is 0.120 e. The van der Waals surface area contributed by atoms with Crippen molar-refractivity contribution in [1.29, 1.82) is 0 Å². The van der Waals surface area contributed by atoms with Gasteiger partial charge < -0.3 is 9.78 Å². The van der Waals surface area contributed by atoms with Gasteiger partial charge in [-0.05, 0) is 75.4 Å². The summed E-state index contributed by atoms with van der Waals surface area (Å²) < 4.78 is 0. The Balaban J connectivity index is 0.00000391. The van der Waals surface area contributed by atoms with E-state index in [0.717, 1.165) is 83.3 Å². The lowest BCUT2D eigenvalue weighted by Crippen LogP contribution is -2.03. The summed E-state index contributed by atoms with van der Waals surface area (Å²) >= 11 is 0. The molecule has 0 fully saturated rings. The van der Waals surface area contributed by atoms with E-state index in [1.54, 1.807) is 12.3 Å². The molecule has 0 spiro atoms. The number of imidazole rings is 1. The molecule has 0 aliphatic carbocycles. The largest absolute Gasteiger partial charge is 0.342 e. The lowest BCUT2D eigenvalue weighted by atomic mass is 9.96. The smallest absolute Gasteiger partial charge is 0.120 e. The van der Waals surface area contributed by atoms with E-state index in [4.69, 9.17) is 0 Å². The SMILES string of the molecule is C.C=C\C=C/N=C(C)\C(=C/C)CCCCCC(CC=O)c1ncc(-c2cc3ccc(C)nc3cc2C=C)[nH]1.CC.[HH]. The minimum absolute atomic E-state index is 0. The first-order valence-electron chi connectivity index (χ1n) is 14.0. The number of hydrogen-bond acceptors (Lipinski definition) is 4.